The Morgan fingerprint density at radius 1 is 1.20 bits per heavy atom. The van der Waals surface area contributed by atoms with Crippen molar-refractivity contribution >= 4 is 17.3 Å². The van der Waals surface area contributed by atoms with Gasteiger partial charge < -0.3 is 5.73 Å². The summed E-state index contributed by atoms with van der Waals surface area (Å²) >= 11 is 5.71. The van der Waals surface area contributed by atoms with Crippen LogP contribution in [0, 0.1) is 0 Å². The predicted molar refractivity (Wildman–Crippen MR) is 63.6 cm³/mol. The number of nitrogens with two attached hydrogens (primary N) is 1. The van der Waals surface area contributed by atoms with E-state index in [1.54, 1.807) is 6.20 Å². The average molecular weight is 219 g/mol. The topological polar surface area (TPSA) is 38.9 Å². The number of hydrogen-bond acceptors (Lipinski definition) is 2. The molecule has 0 unspecified atom stereocenters. The normalized spacial score (nSPS) is 10.2. The van der Waals surface area contributed by atoms with Gasteiger partial charge in [-0.25, -0.2) is 0 Å². The molecule has 0 saturated heterocycles. The fourth-order valence-electron chi connectivity index (χ4n) is 1.38. The Labute approximate surface area is 93.7 Å². The van der Waals surface area contributed by atoms with E-state index < -0.39 is 0 Å². The number of alkyl halides is 1. The SMILES string of the molecule is Nc1cc(-c2ccccc2)ncc1CCl. The van der Waals surface area contributed by atoms with Crippen molar-refractivity contribution in [2.45, 2.75) is 5.88 Å². The van der Waals surface area contributed by atoms with Gasteiger partial charge in [0.2, 0.25) is 0 Å². The first-order valence-electron chi connectivity index (χ1n) is 4.67. The molecule has 0 fully saturated rings. The first-order chi connectivity index (χ1) is 7.31. The minimum atomic E-state index is 0.397. The molecule has 1 heterocycles. The molecule has 2 nitrogen and oxygen atoms in total. The molecular formula is C12H11ClN2. The zero-order valence-electron chi connectivity index (χ0n) is 8.15. The van der Waals surface area contributed by atoms with Gasteiger partial charge in [0, 0.05) is 23.0 Å². The quantitative estimate of drug-likeness (QED) is 0.787. The van der Waals surface area contributed by atoms with E-state index in [1.165, 1.54) is 0 Å². The number of rotatable bonds is 2. The maximum absolute atomic E-state index is 5.84. The number of pyridine rings is 1. The zero-order chi connectivity index (χ0) is 10.7. The van der Waals surface area contributed by atoms with Gasteiger partial charge in [-0.3, -0.25) is 4.98 Å². The zero-order valence-corrected chi connectivity index (χ0v) is 8.91. The summed E-state index contributed by atoms with van der Waals surface area (Å²) in [7, 11) is 0. The Hall–Kier alpha value is -1.54. The molecule has 0 aliphatic carbocycles. The van der Waals surface area contributed by atoms with Crippen molar-refractivity contribution in [3.8, 4) is 11.3 Å². The fraction of sp³-hybridized carbons (Fsp3) is 0.0833. The van der Waals surface area contributed by atoms with Crippen molar-refractivity contribution in [2.75, 3.05) is 5.73 Å². The second kappa shape index (κ2) is 4.32. The highest BCUT2D eigenvalue weighted by molar-refractivity contribution is 6.17. The number of benzene rings is 1. The standard InChI is InChI=1S/C12H11ClN2/c13-7-10-8-15-12(6-11(10)14)9-4-2-1-3-5-9/h1-6,8H,7H2,(H2,14,15). The number of halogens is 1. The molecule has 76 valence electrons. The molecule has 2 N–H and O–H groups in total. The van der Waals surface area contributed by atoms with E-state index in [9.17, 15) is 0 Å². The lowest BCUT2D eigenvalue weighted by Crippen LogP contribution is -1.94. The van der Waals surface area contributed by atoms with E-state index in [-0.39, 0.29) is 0 Å². The van der Waals surface area contributed by atoms with Crippen molar-refractivity contribution in [2.24, 2.45) is 0 Å². The summed E-state index contributed by atoms with van der Waals surface area (Å²) in [6.45, 7) is 0. The highest BCUT2D eigenvalue weighted by atomic mass is 35.5. The summed E-state index contributed by atoms with van der Waals surface area (Å²) in [5.41, 5.74) is 9.35. The first kappa shape index (κ1) is 9.99. The Bertz CT molecular complexity index is 454. The van der Waals surface area contributed by atoms with Gasteiger partial charge in [0.1, 0.15) is 0 Å². The molecule has 2 aromatic rings. The lowest BCUT2D eigenvalue weighted by Gasteiger charge is -2.04. The van der Waals surface area contributed by atoms with Gasteiger partial charge in [0.05, 0.1) is 11.6 Å². The number of aromatic nitrogens is 1. The average Bonchev–Trinajstić information content (AvgIpc) is 2.30. The Morgan fingerprint density at radius 3 is 2.53 bits per heavy atom. The van der Waals surface area contributed by atoms with Crippen LogP contribution in [0.2, 0.25) is 0 Å². The number of nitrogens with zero attached hydrogens (tertiary/aromatic N) is 1. The van der Waals surface area contributed by atoms with Crippen LogP contribution in [0.25, 0.3) is 11.3 Å². The lowest BCUT2D eigenvalue weighted by molar-refractivity contribution is 1.25. The molecule has 2 rings (SSSR count). The first-order valence-corrected chi connectivity index (χ1v) is 5.20. The van der Waals surface area contributed by atoms with E-state index in [2.05, 4.69) is 4.98 Å². The molecule has 0 radical (unpaired) electrons. The molecule has 0 amide bonds. The number of hydrogen-bond donors (Lipinski definition) is 1. The van der Waals surface area contributed by atoms with Gasteiger partial charge in [-0.05, 0) is 6.07 Å². The van der Waals surface area contributed by atoms with Crippen molar-refractivity contribution in [1.82, 2.24) is 4.98 Å². The van der Waals surface area contributed by atoms with Crippen LogP contribution in [-0.4, -0.2) is 4.98 Å². The minimum Gasteiger partial charge on any atom is -0.398 e. The van der Waals surface area contributed by atoms with Crippen LogP contribution in [0.5, 0.6) is 0 Å². The summed E-state index contributed by atoms with van der Waals surface area (Å²) in [6.07, 6.45) is 1.73. The second-order valence-corrected chi connectivity index (χ2v) is 3.54. The Morgan fingerprint density at radius 2 is 1.93 bits per heavy atom. The smallest absolute Gasteiger partial charge is 0.0722 e. The van der Waals surface area contributed by atoms with Gasteiger partial charge in [-0.1, -0.05) is 30.3 Å². The largest absolute Gasteiger partial charge is 0.398 e. The highest BCUT2D eigenvalue weighted by Crippen LogP contribution is 2.21. The molecule has 1 aromatic carbocycles. The monoisotopic (exact) mass is 218 g/mol. The van der Waals surface area contributed by atoms with Crippen LogP contribution >= 0.6 is 11.6 Å². The highest BCUT2D eigenvalue weighted by Gasteiger charge is 2.02. The van der Waals surface area contributed by atoms with Crippen molar-refractivity contribution in [3.63, 3.8) is 0 Å². The number of nitrogen functional groups attached to an aromatic ring is 1. The van der Waals surface area contributed by atoms with Crippen LogP contribution in [0.1, 0.15) is 5.56 Å². The maximum Gasteiger partial charge on any atom is 0.0722 e. The summed E-state index contributed by atoms with van der Waals surface area (Å²) < 4.78 is 0. The Balaban J connectivity index is 2.43. The van der Waals surface area contributed by atoms with Crippen LogP contribution in [-0.2, 0) is 5.88 Å². The third kappa shape index (κ3) is 2.10. The molecule has 1 aromatic heterocycles. The molecule has 0 saturated carbocycles. The van der Waals surface area contributed by atoms with Gasteiger partial charge in [0.25, 0.3) is 0 Å². The van der Waals surface area contributed by atoms with Gasteiger partial charge >= 0.3 is 0 Å². The molecular weight excluding hydrogens is 208 g/mol. The van der Waals surface area contributed by atoms with Crippen LogP contribution < -0.4 is 5.73 Å². The summed E-state index contributed by atoms with van der Waals surface area (Å²) in [6, 6.07) is 11.8. The molecule has 0 atom stereocenters. The van der Waals surface area contributed by atoms with E-state index in [1.807, 2.05) is 36.4 Å². The Kier molecular flexibility index (Phi) is 2.88. The van der Waals surface area contributed by atoms with Crippen molar-refractivity contribution < 1.29 is 0 Å². The van der Waals surface area contributed by atoms with E-state index in [4.69, 9.17) is 17.3 Å². The second-order valence-electron chi connectivity index (χ2n) is 3.27. The molecule has 0 aliphatic rings. The van der Waals surface area contributed by atoms with Crippen LogP contribution in [0.15, 0.2) is 42.6 Å². The van der Waals surface area contributed by atoms with Gasteiger partial charge in [-0.15, -0.1) is 11.6 Å². The molecule has 15 heavy (non-hydrogen) atoms. The van der Waals surface area contributed by atoms with E-state index in [0.717, 1.165) is 16.8 Å². The third-order valence-electron chi connectivity index (χ3n) is 2.24. The summed E-state index contributed by atoms with van der Waals surface area (Å²) in [5.74, 6) is 0.397. The predicted octanol–water partition coefficient (Wildman–Crippen LogP) is 3.07. The lowest BCUT2D eigenvalue weighted by atomic mass is 10.1. The van der Waals surface area contributed by atoms with Crippen LogP contribution in [0.4, 0.5) is 5.69 Å². The number of anilines is 1. The van der Waals surface area contributed by atoms with Gasteiger partial charge in [0.15, 0.2) is 0 Å². The van der Waals surface area contributed by atoms with E-state index >= 15 is 0 Å². The molecule has 0 bridgehead atoms. The fourth-order valence-corrected chi connectivity index (χ4v) is 1.60. The molecule has 3 heteroatoms. The third-order valence-corrected chi connectivity index (χ3v) is 2.52. The van der Waals surface area contributed by atoms with Crippen LogP contribution in [0.3, 0.4) is 0 Å². The maximum atomic E-state index is 5.84. The van der Waals surface area contributed by atoms with Gasteiger partial charge in [-0.2, -0.15) is 0 Å². The molecule has 0 spiro atoms. The van der Waals surface area contributed by atoms with Crippen molar-refractivity contribution in [1.29, 1.82) is 0 Å². The van der Waals surface area contributed by atoms with E-state index in [0.29, 0.717) is 11.6 Å². The molecule has 0 aliphatic heterocycles. The summed E-state index contributed by atoms with van der Waals surface area (Å²) in [5, 5.41) is 0. The van der Waals surface area contributed by atoms with Crippen molar-refractivity contribution in [3.05, 3.63) is 48.2 Å². The summed E-state index contributed by atoms with van der Waals surface area (Å²) in [4.78, 5) is 4.32. The minimum absolute atomic E-state index is 0.397.